The van der Waals surface area contributed by atoms with Crippen molar-refractivity contribution in [2.75, 3.05) is 0 Å². The summed E-state index contributed by atoms with van der Waals surface area (Å²) >= 11 is 0. The summed E-state index contributed by atoms with van der Waals surface area (Å²) in [5, 5.41) is 24.0. The number of carboxylic acid groups (broad SMARTS) is 1. The molecule has 0 aliphatic carbocycles. The Labute approximate surface area is 61.2 Å². The summed E-state index contributed by atoms with van der Waals surface area (Å²) < 4.78 is 3.62. The zero-order chi connectivity index (χ0) is 8.85. The van der Waals surface area contributed by atoms with E-state index in [-0.39, 0.29) is 0 Å². The second-order valence-corrected chi connectivity index (χ2v) is 1.41. The Balaban J connectivity index is 4.33. The SMILES string of the molecule is N#COC(=O)C(C#N)C(=O)O. The van der Waals surface area contributed by atoms with Crippen LogP contribution in [0, 0.1) is 28.8 Å². The molecule has 6 nitrogen and oxygen atoms in total. The normalized spacial score (nSPS) is 10.4. The van der Waals surface area contributed by atoms with E-state index in [4.69, 9.17) is 15.6 Å². The molecule has 0 fully saturated rings. The Morgan fingerprint density at radius 2 is 2.00 bits per heavy atom. The van der Waals surface area contributed by atoms with Crippen LogP contribution in [0.15, 0.2) is 0 Å². The van der Waals surface area contributed by atoms with Gasteiger partial charge < -0.3 is 9.84 Å². The number of ether oxygens (including phenoxy) is 1. The fourth-order valence-electron chi connectivity index (χ4n) is 0.313. The van der Waals surface area contributed by atoms with Gasteiger partial charge in [0.1, 0.15) is 0 Å². The van der Waals surface area contributed by atoms with E-state index in [9.17, 15) is 9.59 Å². The molecule has 0 aliphatic heterocycles. The van der Waals surface area contributed by atoms with Gasteiger partial charge in [0.15, 0.2) is 0 Å². The first-order valence-corrected chi connectivity index (χ1v) is 2.35. The maximum atomic E-state index is 10.4. The minimum atomic E-state index is -1.92. The molecule has 0 aromatic heterocycles. The third kappa shape index (κ3) is 2.33. The highest BCUT2D eigenvalue weighted by Crippen LogP contribution is 1.96. The van der Waals surface area contributed by atoms with Crippen LogP contribution in [0.1, 0.15) is 0 Å². The number of nitrogens with zero attached hydrogens (tertiary/aromatic N) is 2. The Bertz CT molecular complexity index is 259. The molecule has 0 spiro atoms. The average Bonchev–Trinajstić information content (AvgIpc) is 1.88. The Kier molecular flexibility index (Phi) is 3.13. The summed E-state index contributed by atoms with van der Waals surface area (Å²) in [4.78, 5) is 20.4. The molecule has 0 rings (SSSR count). The fourth-order valence-corrected chi connectivity index (χ4v) is 0.313. The summed E-state index contributed by atoms with van der Waals surface area (Å²) in [5.41, 5.74) is 0. The maximum Gasteiger partial charge on any atom is 0.350 e. The van der Waals surface area contributed by atoms with Gasteiger partial charge in [-0.3, -0.25) is 4.79 Å². The molecule has 0 aromatic carbocycles. The Hall–Kier alpha value is -2.08. The van der Waals surface area contributed by atoms with Crippen molar-refractivity contribution in [3.63, 3.8) is 0 Å². The second kappa shape index (κ2) is 3.85. The molecule has 0 saturated heterocycles. The van der Waals surface area contributed by atoms with Crippen LogP contribution in [-0.4, -0.2) is 17.0 Å². The third-order valence-corrected chi connectivity index (χ3v) is 0.758. The van der Waals surface area contributed by atoms with Crippen LogP contribution in [-0.2, 0) is 14.3 Å². The molecule has 6 heteroatoms. The van der Waals surface area contributed by atoms with Crippen LogP contribution in [0.3, 0.4) is 0 Å². The van der Waals surface area contributed by atoms with Crippen LogP contribution >= 0.6 is 0 Å². The van der Waals surface area contributed by atoms with Gasteiger partial charge in [0.2, 0.25) is 5.92 Å². The molecule has 0 radical (unpaired) electrons. The van der Waals surface area contributed by atoms with E-state index in [2.05, 4.69) is 4.74 Å². The van der Waals surface area contributed by atoms with Gasteiger partial charge in [-0.1, -0.05) is 0 Å². The smallest absolute Gasteiger partial charge is 0.350 e. The van der Waals surface area contributed by atoms with E-state index in [1.54, 1.807) is 0 Å². The lowest BCUT2D eigenvalue weighted by molar-refractivity contribution is -0.151. The molecular weight excluding hydrogens is 152 g/mol. The number of rotatable bonds is 2. The molecule has 11 heavy (non-hydrogen) atoms. The maximum absolute atomic E-state index is 10.4. The first-order valence-electron chi connectivity index (χ1n) is 2.35. The van der Waals surface area contributed by atoms with Crippen LogP contribution in [0.5, 0.6) is 0 Å². The van der Waals surface area contributed by atoms with Crippen molar-refractivity contribution in [2.24, 2.45) is 5.92 Å². The number of carboxylic acids is 1. The highest BCUT2D eigenvalue weighted by molar-refractivity contribution is 5.97. The van der Waals surface area contributed by atoms with E-state index in [0.29, 0.717) is 0 Å². The number of carbonyl (C=O) groups excluding carboxylic acids is 1. The molecule has 0 saturated carbocycles. The number of hydrogen-bond donors (Lipinski definition) is 1. The molecule has 0 amide bonds. The van der Waals surface area contributed by atoms with E-state index < -0.39 is 17.9 Å². The highest BCUT2D eigenvalue weighted by atomic mass is 16.5. The van der Waals surface area contributed by atoms with Gasteiger partial charge in [-0.05, 0) is 0 Å². The van der Waals surface area contributed by atoms with Crippen molar-refractivity contribution in [2.45, 2.75) is 0 Å². The molecule has 0 bridgehead atoms. The Morgan fingerprint density at radius 3 is 2.27 bits per heavy atom. The summed E-state index contributed by atoms with van der Waals surface area (Å²) in [7, 11) is 0. The number of esters is 1. The van der Waals surface area contributed by atoms with E-state index in [1.807, 2.05) is 0 Å². The van der Waals surface area contributed by atoms with Crippen molar-refractivity contribution < 1.29 is 19.4 Å². The Morgan fingerprint density at radius 1 is 1.45 bits per heavy atom. The minimum Gasteiger partial charge on any atom is -0.480 e. The third-order valence-electron chi connectivity index (χ3n) is 0.758. The summed E-state index contributed by atoms with van der Waals surface area (Å²) in [5.74, 6) is -4.93. The lowest BCUT2D eigenvalue weighted by atomic mass is 10.2. The van der Waals surface area contributed by atoms with Gasteiger partial charge in [-0.25, -0.2) is 4.79 Å². The lowest BCUT2D eigenvalue weighted by Gasteiger charge is -1.95. The fraction of sp³-hybridized carbons (Fsp3) is 0.200. The second-order valence-electron chi connectivity index (χ2n) is 1.41. The first kappa shape index (κ1) is 8.92. The molecular formula is C5H2N2O4. The van der Waals surface area contributed by atoms with E-state index in [1.165, 1.54) is 0 Å². The number of hydrogen-bond acceptors (Lipinski definition) is 5. The van der Waals surface area contributed by atoms with Crippen molar-refractivity contribution in [1.82, 2.24) is 0 Å². The van der Waals surface area contributed by atoms with E-state index in [0.717, 1.165) is 12.3 Å². The van der Waals surface area contributed by atoms with Gasteiger partial charge >= 0.3 is 11.9 Å². The molecule has 1 unspecified atom stereocenters. The average molecular weight is 154 g/mol. The summed E-state index contributed by atoms with van der Waals surface area (Å²) in [6, 6.07) is 1.16. The number of nitriles is 2. The van der Waals surface area contributed by atoms with Crippen LogP contribution < -0.4 is 0 Å². The zero-order valence-corrected chi connectivity index (χ0v) is 5.14. The summed E-state index contributed by atoms with van der Waals surface area (Å²) in [6.45, 7) is 0. The standard InChI is InChI=1S/C5H2N2O4/c6-1-3(4(8)9)5(10)11-2-7/h3H,(H,8,9). The predicted molar refractivity (Wildman–Crippen MR) is 28.4 cm³/mol. The van der Waals surface area contributed by atoms with Gasteiger partial charge in [0, 0.05) is 0 Å². The molecule has 1 N–H and O–H groups in total. The zero-order valence-electron chi connectivity index (χ0n) is 5.14. The number of carbonyl (C=O) groups is 2. The van der Waals surface area contributed by atoms with Crippen LogP contribution in [0.4, 0.5) is 0 Å². The highest BCUT2D eigenvalue weighted by Gasteiger charge is 2.27. The molecule has 56 valence electrons. The number of aliphatic carboxylic acids is 1. The van der Waals surface area contributed by atoms with Gasteiger partial charge in [-0.2, -0.15) is 5.26 Å². The molecule has 0 heterocycles. The molecule has 0 aliphatic rings. The van der Waals surface area contributed by atoms with Crippen molar-refractivity contribution in [3.8, 4) is 12.3 Å². The van der Waals surface area contributed by atoms with Crippen molar-refractivity contribution in [1.29, 1.82) is 10.5 Å². The largest absolute Gasteiger partial charge is 0.480 e. The van der Waals surface area contributed by atoms with Gasteiger partial charge in [0.25, 0.3) is 6.26 Å². The quantitative estimate of drug-likeness (QED) is 0.317. The predicted octanol–water partition coefficient (Wildman–Crippen LogP) is -0.765. The van der Waals surface area contributed by atoms with E-state index >= 15 is 0 Å². The van der Waals surface area contributed by atoms with Crippen molar-refractivity contribution >= 4 is 11.9 Å². The topological polar surface area (TPSA) is 111 Å². The van der Waals surface area contributed by atoms with Crippen molar-refractivity contribution in [3.05, 3.63) is 0 Å². The minimum absolute atomic E-state index is 0.973. The monoisotopic (exact) mass is 154 g/mol. The summed E-state index contributed by atoms with van der Waals surface area (Å²) in [6.07, 6.45) is 0.973. The van der Waals surface area contributed by atoms with Gasteiger partial charge in [0.05, 0.1) is 6.07 Å². The van der Waals surface area contributed by atoms with Crippen LogP contribution in [0.25, 0.3) is 0 Å². The van der Waals surface area contributed by atoms with Gasteiger partial charge in [-0.15, -0.1) is 5.26 Å². The molecule has 0 aromatic rings. The lowest BCUT2D eigenvalue weighted by Crippen LogP contribution is -2.22. The first-order chi connectivity index (χ1) is 5.13. The molecule has 1 atom stereocenters. The van der Waals surface area contributed by atoms with Crippen LogP contribution in [0.2, 0.25) is 0 Å².